The Hall–Kier alpha value is -3.76. The minimum atomic E-state index is -3.37. The Morgan fingerprint density at radius 2 is 1.68 bits per heavy atom. The van der Waals surface area contributed by atoms with E-state index in [4.69, 9.17) is 12.2 Å². The molecule has 1 aliphatic rings. The summed E-state index contributed by atoms with van der Waals surface area (Å²) in [5, 5.41) is 3.99. The molecule has 0 spiro atoms. The molecule has 2 atom stereocenters. The third-order valence-electron chi connectivity index (χ3n) is 5.53. The number of rotatable bonds is 6. The van der Waals surface area contributed by atoms with Crippen molar-refractivity contribution in [2.45, 2.75) is 12.1 Å². The first-order valence-electron chi connectivity index (χ1n) is 10.6. The summed E-state index contributed by atoms with van der Waals surface area (Å²) < 4.78 is 27.8. The second-order valence-corrected chi connectivity index (χ2v) is 10.0. The topological polar surface area (TPSA) is 92.2 Å². The van der Waals surface area contributed by atoms with E-state index in [2.05, 4.69) is 26.1 Å². The van der Waals surface area contributed by atoms with Crippen molar-refractivity contribution in [1.29, 1.82) is 0 Å². The van der Waals surface area contributed by atoms with Crippen LogP contribution in [0.5, 0.6) is 0 Å². The van der Waals surface area contributed by atoms with E-state index in [9.17, 15) is 8.42 Å². The van der Waals surface area contributed by atoms with Gasteiger partial charge in [0.05, 0.1) is 18.0 Å². The second kappa shape index (κ2) is 8.88. The highest BCUT2D eigenvalue weighted by molar-refractivity contribution is 7.92. The van der Waals surface area contributed by atoms with E-state index in [1.807, 2.05) is 70.3 Å². The van der Waals surface area contributed by atoms with E-state index in [0.29, 0.717) is 10.8 Å². The number of benzene rings is 1. The largest absolute Gasteiger partial charge is 0.351 e. The second-order valence-electron chi connectivity index (χ2n) is 7.91. The van der Waals surface area contributed by atoms with Crippen LogP contribution in [-0.2, 0) is 10.0 Å². The molecule has 4 aromatic rings. The number of nitrogens with one attached hydrogen (secondary N) is 2. The number of anilines is 2. The first kappa shape index (κ1) is 22.1. The zero-order valence-electron chi connectivity index (χ0n) is 18.2. The van der Waals surface area contributed by atoms with Crippen molar-refractivity contribution < 1.29 is 8.42 Å². The average molecular weight is 491 g/mol. The molecule has 1 saturated heterocycles. The molecule has 0 amide bonds. The SMILES string of the molecule is CS(=O)(=O)Nc1ccc(N2C(=S)NC(c3ccccn3)C2c2cccn2-c2ccccn2)cc1. The van der Waals surface area contributed by atoms with Crippen LogP contribution in [0.3, 0.4) is 0 Å². The molecule has 3 aromatic heterocycles. The van der Waals surface area contributed by atoms with Crippen molar-refractivity contribution in [2.75, 3.05) is 15.9 Å². The minimum Gasteiger partial charge on any atom is -0.351 e. The zero-order valence-corrected chi connectivity index (χ0v) is 19.9. The van der Waals surface area contributed by atoms with Gasteiger partial charge in [-0.25, -0.2) is 13.4 Å². The van der Waals surface area contributed by atoms with E-state index in [-0.39, 0.29) is 12.1 Å². The molecule has 0 radical (unpaired) electrons. The van der Waals surface area contributed by atoms with Crippen molar-refractivity contribution in [3.05, 3.63) is 103 Å². The van der Waals surface area contributed by atoms with Crippen LogP contribution in [0.15, 0.2) is 91.4 Å². The number of hydrogen-bond acceptors (Lipinski definition) is 5. The zero-order chi connectivity index (χ0) is 23.7. The number of nitrogens with zero attached hydrogens (tertiary/aromatic N) is 4. The summed E-state index contributed by atoms with van der Waals surface area (Å²) in [5.74, 6) is 0.799. The van der Waals surface area contributed by atoms with E-state index >= 15 is 0 Å². The van der Waals surface area contributed by atoms with E-state index in [1.165, 1.54) is 0 Å². The third-order valence-corrected chi connectivity index (χ3v) is 6.45. The molecule has 0 aliphatic carbocycles. The molecule has 4 heterocycles. The summed E-state index contributed by atoms with van der Waals surface area (Å²) in [6, 6.07) is 22.3. The first-order chi connectivity index (χ1) is 16.4. The van der Waals surface area contributed by atoms with Gasteiger partial charge >= 0.3 is 0 Å². The summed E-state index contributed by atoms with van der Waals surface area (Å²) >= 11 is 5.78. The highest BCUT2D eigenvalue weighted by Crippen LogP contribution is 2.42. The van der Waals surface area contributed by atoms with E-state index in [1.54, 1.807) is 24.5 Å². The van der Waals surface area contributed by atoms with Gasteiger partial charge in [0.2, 0.25) is 10.0 Å². The number of sulfonamides is 1. The number of hydrogen-bond donors (Lipinski definition) is 2. The molecule has 172 valence electrons. The Bertz CT molecular complexity index is 1410. The standard InChI is InChI=1S/C24H22N6O2S2/c1-34(31,32)28-17-10-12-18(13-11-17)30-23(22(27-24(30)33)19-7-2-4-14-25-19)20-8-6-16-29(20)21-9-3-5-15-26-21/h2-16,22-23,28H,1H3,(H,27,33). The van der Waals surface area contributed by atoms with Gasteiger partial charge in [-0.3, -0.25) is 9.71 Å². The van der Waals surface area contributed by atoms with Crippen molar-refractivity contribution in [1.82, 2.24) is 19.9 Å². The molecule has 34 heavy (non-hydrogen) atoms. The normalized spacial score (nSPS) is 18.0. The lowest BCUT2D eigenvalue weighted by molar-refractivity contribution is 0.548. The van der Waals surface area contributed by atoms with Crippen molar-refractivity contribution in [3.8, 4) is 5.82 Å². The number of aromatic nitrogens is 3. The Morgan fingerprint density at radius 1 is 0.941 bits per heavy atom. The summed E-state index contributed by atoms with van der Waals surface area (Å²) in [6.07, 6.45) is 6.63. The quantitative estimate of drug-likeness (QED) is 0.397. The Labute approximate surface area is 203 Å². The van der Waals surface area contributed by atoms with Crippen LogP contribution in [0.25, 0.3) is 5.82 Å². The lowest BCUT2D eigenvalue weighted by Crippen LogP contribution is -2.30. The molecule has 1 aromatic carbocycles. The Balaban J connectivity index is 1.60. The van der Waals surface area contributed by atoms with Crippen molar-refractivity contribution in [2.24, 2.45) is 0 Å². The van der Waals surface area contributed by atoms with Gasteiger partial charge in [-0.05, 0) is 72.9 Å². The van der Waals surface area contributed by atoms with Crippen molar-refractivity contribution in [3.63, 3.8) is 0 Å². The molecule has 2 unspecified atom stereocenters. The molecule has 0 bridgehead atoms. The Kier molecular flexibility index (Phi) is 5.76. The fraction of sp³-hybridized carbons (Fsp3) is 0.125. The maximum atomic E-state index is 11.6. The molecule has 2 N–H and O–H groups in total. The molecule has 10 heteroatoms. The molecule has 8 nitrogen and oxygen atoms in total. The fourth-order valence-corrected chi connectivity index (χ4v) is 5.09. The van der Waals surface area contributed by atoms with Crippen LogP contribution < -0.4 is 14.9 Å². The average Bonchev–Trinajstić information content (AvgIpc) is 3.44. The van der Waals surface area contributed by atoms with Crippen LogP contribution in [0.4, 0.5) is 11.4 Å². The maximum absolute atomic E-state index is 11.6. The van der Waals surface area contributed by atoms with Crippen LogP contribution in [0.1, 0.15) is 23.5 Å². The Morgan fingerprint density at radius 3 is 2.32 bits per heavy atom. The van der Waals surface area contributed by atoms with Gasteiger partial charge in [0.25, 0.3) is 0 Å². The predicted molar refractivity (Wildman–Crippen MR) is 136 cm³/mol. The monoisotopic (exact) mass is 490 g/mol. The molecule has 5 rings (SSSR count). The predicted octanol–water partition coefficient (Wildman–Crippen LogP) is 3.82. The summed E-state index contributed by atoms with van der Waals surface area (Å²) in [7, 11) is -3.37. The summed E-state index contributed by atoms with van der Waals surface area (Å²) in [5.41, 5.74) is 3.16. The van der Waals surface area contributed by atoms with Gasteiger partial charge < -0.3 is 14.8 Å². The first-order valence-corrected chi connectivity index (χ1v) is 12.9. The van der Waals surface area contributed by atoms with Crippen LogP contribution in [0.2, 0.25) is 0 Å². The maximum Gasteiger partial charge on any atom is 0.229 e. The van der Waals surface area contributed by atoms with Gasteiger partial charge in [-0.15, -0.1) is 0 Å². The van der Waals surface area contributed by atoms with E-state index < -0.39 is 10.0 Å². The lowest BCUT2D eigenvalue weighted by Gasteiger charge is -2.29. The summed E-state index contributed by atoms with van der Waals surface area (Å²) in [6.45, 7) is 0. The van der Waals surface area contributed by atoms with E-state index in [0.717, 1.165) is 29.1 Å². The number of thiocarbonyl (C=S) groups is 1. The third kappa shape index (κ3) is 4.37. The van der Waals surface area contributed by atoms with Gasteiger partial charge in [0.15, 0.2) is 5.11 Å². The molecule has 0 saturated carbocycles. The van der Waals surface area contributed by atoms with Gasteiger partial charge in [0.1, 0.15) is 11.9 Å². The fourth-order valence-electron chi connectivity index (χ4n) is 4.18. The van der Waals surface area contributed by atoms with Crippen LogP contribution in [0, 0.1) is 0 Å². The number of pyridine rings is 2. The highest BCUT2D eigenvalue weighted by atomic mass is 32.2. The van der Waals surface area contributed by atoms with Gasteiger partial charge in [-0.1, -0.05) is 12.1 Å². The summed E-state index contributed by atoms with van der Waals surface area (Å²) in [4.78, 5) is 11.1. The van der Waals surface area contributed by atoms with Gasteiger partial charge in [-0.2, -0.15) is 0 Å². The van der Waals surface area contributed by atoms with Crippen LogP contribution >= 0.6 is 12.2 Å². The van der Waals surface area contributed by atoms with Crippen molar-refractivity contribution >= 4 is 38.7 Å². The smallest absolute Gasteiger partial charge is 0.229 e. The molecule has 1 fully saturated rings. The molecule has 1 aliphatic heterocycles. The minimum absolute atomic E-state index is 0.208. The lowest BCUT2D eigenvalue weighted by atomic mass is 10.0. The van der Waals surface area contributed by atoms with Crippen LogP contribution in [-0.4, -0.2) is 34.3 Å². The molecular formula is C24H22N6O2S2. The molecular weight excluding hydrogens is 468 g/mol. The highest BCUT2D eigenvalue weighted by Gasteiger charge is 2.42. The van der Waals surface area contributed by atoms with Gasteiger partial charge in [0, 0.05) is 35.7 Å².